The van der Waals surface area contributed by atoms with Crippen LogP contribution in [0.25, 0.3) is 0 Å². The molecule has 2 aromatic rings. The highest BCUT2D eigenvalue weighted by Crippen LogP contribution is 2.47. The molecule has 6 nitrogen and oxygen atoms in total. The molecule has 2 aromatic carbocycles. The van der Waals surface area contributed by atoms with Crippen LogP contribution in [0.4, 0.5) is 4.39 Å². The molecular weight excluding hydrogens is 542 g/mol. The minimum Gasteiger partial charge on any atom is -0.356 e. The quantitative estimate of drug-likeness (QED) is 0.266. The van der Waals surface area contributed by atoms with Crippen molar-refractivity contribution in [3.8, 4) is 0 Å². The molecule has 3 N–H and O–H groups in total. The molecule has 1 fully saturated rings. The van der Waals surface area contributed by atoms with Gasteiger partial charge in [0.25, 0.3) is 0 Å². The van der Waals surface area contributed by atoms with Crippen molar-refractivity contribution in [3.63, 3.8) is 0 Å². The van der Waals surface area contributed by atoms with E-state index >= 15 is 0 Å². The maximum Gasteiger partial charge on any atom is 0.241 e. The lowest BCUT2D eigenvalue weighted by Crippen LogP contribution is -2.42. The van der Waals surface area contributed by atoms with Gasteiger partial charge >= 0.3 is 0 Å². The number of aliphatic imine (C=N–C) groups is 1. The molecule has 0 saturated heterocycles. The molecule has 0 amide bonds. The van der Waals surface area contributed by atoms with Crippen molar-refractivity contribution in [3.05, 3.63) is 65.5 Å². The van der Waals surface area contributed by atoms with Crippen LogP contribution in [0.5, 0.6) is 0 Å². The van der Waals surface area contributed by atoms with Crippen LogP contribution in [0.2, 0.25) is 0 Å². The molecule has 0 bridgehead atoms. The van der Waals surface area contributed by atoms with Crippen LogP contribution in [0, 0.1) is 5.82 Å². The van der Waals surface area contributed by atoms with Gasteiger partial charge in [-0.2, -0.15) is 0 Å². The Morgan fingerprint density at radius 3 is 2.38 bits per heavy atom. The lowest BCUT2D eigenvalue weighted by Gasteiger charge is -2.22. The summed E-state index contributed by atoms with van der Waals surface area (Å²) in [6.45, 7) is 6.35. The number of hydrogen-bond donors (Lipinski definition) is 3. The van der Waals surface area contributed by atoms with Crippen LogP contribution >= 0.6 is 24.0 Å². The van der Waals surface area contributed by atoms with Crippen LogP contribution in [0.15, 0.2) is 58.4 Å². The minimum absolute atomic E-state index is 0. The topological polar surface area (TPSA) is 82.6 Å². The van der Waals surface area contributed by atoms with E-state index in [0.717, 1.165) is 18.4 Å². The van der Waals surface area contributed by atoms with Crippen molar-refractivity contribution in [2.24, 2.45) is 4.99 Å². The molecule has 176 valence electrons. The van der Waals surface area contributed by atoms with Crippen LogP contribution in [0.3, 0.4) is 0 Å². The second-order valence-corrected chi connectivity index (χ2v) is 10.7. The summed E-state index contributed by atoms with van der Waals surface area (Å²) in [5.41, 5.74) is 0.970. The highest BCUT2D eigenvalue weighted by molar-refractivity contribution is 14.0. The number of halogens is 2. The summed E-state index contributed by atoms with van der Waals surface area (Å²) < 4.78 is 42.0. The fraction of sp³-hybridized carbons (Fsp3) is 0.435. The van der Waals surface area contributed by atoms with E-state index in [-0.39, 0.29) is 40.1 Å². The molecule has 0 unspecified atom stereocenters. The zero-order valence-corrected chi connectivity index (χ0v) is 22.1. The maximum absolute atomic E-state index is 13.6. The Labute approximate surface area is 207 Å². The van der Waals surface area contributed by atoms with Crippen LogP contribution in [0.1, 0.15) is 44.7 Å². The van der Waals surface area contributed by atoms with Gasteiger partial charge in [-0.05, 0) is 62.9 Å². The van der Waals surface area contributed by atoms with Crippen LogP contribution in [-0.2, 0) is 22.0 Å². The van der Waals surface area contributed by atoms with Crippen molar-refractivity contribution in [1.29, 1.82) is 0 Å². The smallest absolute Gasteiger partial charge is 0.241 e. The first kappa shape index (κ1) is 26.5. The second-order valence-electron chi connectivity index (χ2n) is 9.03. The summed E-state index contributed by atoms with van der Waals surface area (Å²) in [5.74, 6) is 0.339. The van der Waals surface area contributed by atoms with E-state index in [0.29, 0.717) is 24.6 Å². The van der Waals surface area contributed by atoms with E-state index in [1.165, 1.54) is 6.07 Å². The molecule has 1 aliphatic carbocycles. The van der Waals surface area contributed by atoms with Crippen LogP contribution in [-0.4, -0.2) is 33.5 Å². The Morgan fingerprint density at radius 1 is 1.09 bits per heavy atom. The molecular formula is C23H32FIN4O2S. The highest BCUT2D eigenvalue weighted by Gasteiger charge is 2.44. The lowest BCUT2D eigenvalue weighted by molar-refractivity contribution is 0.491. The Balaban J connectivity index is 0.00000363. The Morgan fingerprint density at radius 2 is 1.78 bits per heavy atom. The summed E-state index contributed by atoms with van der Waals surface area (Å²) in [6, 6.07) is 13.6. The monoisotopic (exact) mass is 574 g/mol. The van der Waals surface area contributed by atoms with E-state index in [9.17, 15) is 12.8 Å². The number of rotatable bonds is 7. The fourth-order valence-corrected chi connectivity index (χ4v) is 5.22. The van der Waals surface area contributed by atoms with Gasteiger partial charge in [-0.1, -0.05) is 30.3 Å². The largest absolute Gasteiger partial charge is 0.356 e. The Hall–Kier alpha value is -1.72. The first-order valence-corrected chi connectivity index (χ1v) is 11.9. The molecule has 0 radical (unpaired) electrons. The minimum atomic E-state index is -3.65. The summed E-state index contributed by atoms with van der Waals surface area (Å²) in [4.78, 5) is 4.49. The molecule has 0 spiro atoms. The number of nitrogens with zero attached hydrogens (tertiary/aromatic N) is 1. The van der Waals surface area contributed by atoms with E-state index in [1.807, 2.05) is 32.9 Å². The van der Waals surface area contributed by atoms with Gasteiger partial charge in [-0.25, -0.2) is 17.5 Å². The van der Waals surface area contributed by atoms with E-state index in [2.05, 4.69) is 20.3 Å². The summed E-state index contributed by atoms with van der Waals surface area (Å²) in [5, 5.41) is 6.51. The molecule has 0 heterocycles. The van der Waals surface area contributed by atoms with Gasteiger partial charge in [-0.15, -0.1) is 24.0 Å². The van der Waals surface area contributed by atoms with Crippen LogP contribution < -0.4 is 15.4 Å². The molecule has 0 aliphatic heterocycles. The third-order valence-corrected chi connectivity index (χ3v) is 7.12. The first-order valence-electron chi connectivity index (χ1n) is 10.4. The lowest BCUT2D eigenvalue weighted by atomic mass is 9.96. The molecule has 1 saturated carbocycles. The third-order valence-electron chi connectivity index (χ3n) is 5.26. The summed E-state index contributed by atoms with van der Waals surface area (Å²) in [7, 11) is -1.99. The van der Waals surface area contributed by atoms with Gasteiger partial charge in [0.1, 0.15) is 5.82 Å². The van der Waals surface area contributed by atoms with E-state index in [1.54, 1.807) is 37.4 Å². The predicted octanol–water partition coefficient (Wildman–Crippen LogP) is 3.92. The average Bonchev–Trinajstić information content (AvgIpc) is 3.48. The van der Waals surface area contributed by atoms with Gasteiger partial charge in [0.15, 0.2) is 5.96 Å². The number of guanidine groups is 1. The average molecular weight is 575 g/mol. The first-order chi connectivity index (χ1) is 14.5. The maximum atomic E-state index is 13.6. The molecule has 0 atom stereocenters. The van der Waals surface area contributed by atoms with Gasteiger partial charge in [0.2, 0.25) is 10.0 Å². The van der Waals surface area contributed by atoms with Gasteiger partial charge in [0, 0.05) is 31.1 Å². The van der Waals surface area contributed by atoms with E-state index < -0.39 is 15.6 Å². The summed E-state index contributed by atoms with van der Waals surface area (Å²) >= 11 is 0. The Kier molecular flexibility index (Phi) is 8.69. The van der Waals surface area contributed by atoms with E-state index in [4.69, 9.17) is 0 Å². The highest BCUT2D eigenvalue weighted by atomic mass is 127. The standard InChI is InChI=1S/C23H31FN4O2S.HI/c1-22(2,3)28-31(29,30)20-11-6-5-8-17(20)15-26-21(25-4)27-16-23(12-13-23)18-9-7-10-19(24)14-18;/h5-11,14,28H,12-13,15-16H2,1-4H3,(H2,25,26,27);1H. The summed E-state index contributed by atoms with van der Waals surface area (Å²) in [6.07, 6.45) is 1.97. The SMILES string of the molecule is CN=C(NCc1ccccc1S(=O)(=O)NC(C)(C)C)NCC1(c2cccc(F)c2)CC1.I. The predicted molar refractivity (Wildman–Crippen MR) is 137 cm³/mol. The van der Waals surface area contributed by atoms with Crippen molar-refractivity contribution in [2.45, 2.75) is 56.0 Å². The van der Waals surface area contributed by atoms with Gasteiger partial charge < -0.3 is 10.6 Å². The second kappa shape index (κ2) is 10.5. The Bertz CT molecular complexity index is 1060. The number of hydrogen-bond acceptors (Lipinski definition) is 3. The van der Waals surface area contributed by atoms with Crippen molar-refractivity contribution in [1.82, 2.24) is 15.4 Å². The molecule has 3 rings (SSSR count). The van der Waals surface area contributed by atoms with Gasteiger partial charge in [0.05, 0.1) is 4.90 Å². The zero-order valence-electron chi connectivity index (χ0n) is 18.9. The van der Waals surface area contributed by atoms with Crippen molar-refractivity contribution >= 4 is 40.0 Å². The number of benzene rings is 2. The normalized spacial score (nSPS) is 15.6. The molecule has 32 heavy (non-hydrogen) atoms. The molecule has 1 aliphatic rings. The molecule has 0 aromatic heterocycles. The van der Waals surface area contributed by atoms with Gasteiger partial charge in [-0.3, -0.25) is 4.99 Å². The number of nitrogens with one attached hydrogen (secondary N) is 3. The molecule has 9 heteroatoms. The van der Waals surface area contributed by atoms with Crippen molar-refractivity contribution < 1.29 is 12.8 Å². The van der Waals surface area contributed by atoms with Crippen molar-refractivity contribution in [2.75, 3.05) is 13.6 Å². The third kappa shape index (κ3) is 6.89. The fourth-order valence-electron chi connectivity index (χ4n) is 3.56. The zero-order chi connectivity index (χ0) is 22.7. The number of sulfonamides is 1.